The van der Waals surface area contributed by atoms with Crippen LogP contribution in [0.1, 0.15) is 18.2 Å². The van der Waals surface area contributed by atoms with Gasteiger partial charge in [-0.2, -0.15) is 0 Å². The molecule has 0 N–H and O–H groups in total. The Morgan fingerprint density at radius 2 is 2.38 bits per heavy atom. The molecular formula is C11H13N2NaO2. The number of nitrogens with zero attached hydrogens (tertiary/aromatic N) is 2. The molecular weight excluding hydrogens is 215 g/mol. The zero-order valence-corrected chi connectivity index (χ0v) is 11.5. The van der Waals surface area contributed by atoms with E-state index in [1.54, 1.807) is 30.3 Å². The number of pyridine rings is 1. The number of carbonyl (C=O) groups is 2. The summed E-state index contributed by atoms with van der Waals surface area (Å²) in [6.07, 6.45) is 3.73. The third-order valence-electron chi connectivity index (χ3n) is 2.69. The summed E-state index contributed by atoms with van der Waals surface area (Å²) >= 11 is 0. The number of Topliss-reactive ketones (excluding diaryl/α,β-unsaturated/α-hetero) is 1. The number of aromatic nitrogens is 1. The van der Waals surface area contributed by atoms with Crippen LogP contribution < -0.4 is 29.6 Å². The molecule has 1 aliphatic heterocycles. The van der Waals surface area contributed by atoms with Gasteiger partial charge in [0.2, 0.25) is 5.91 Å². The van der Waals surface area contributed by atoms with E-state index in [-0.39, 0.29) is 42.7 Å². The van der Waals surface area contributed by atoms with Gasteiger partial charge in [0.15, 0.2) is 5.78 Å². The Morgan fingerprint density at radius 3 is 2.88 bits per heavy atom. The van der Waals surface area contributed by atoms with E-state index in [0.29, 0.717) is 18.5 Å². The Labute approximate surface area is 118 Å². The molecule has 1 aromatic rings. The van der Waals surface area contributed by atoms with Gasteiger partial charge in [-0.3, -0.25) is 14.6 Å². The molecule has 0 radical (unpaired) electrons. The molecule has 0 aliphatic carbocycles. The van der Waals surface area contributed by atoms with Crippen LogP contribution in [0.2, 0.25) is 0 Å². The number of hydrogen-bond acceptors (Lipinski definition) is 3. The number of carbonyl (C=O) groups excluding carboxylic acids is 2. The van der Waals surface area contributed by atoms with E-state index in [4.69, 9.17) is 0 Å². The van der Waals surface area contributed by atoms with Crippen molar-refractivity contribution < 1.29 is 40.6 Å². The second-order valence-electron chi connectivity index (χ2n) is 3.71. The van der Waals surface area contributed by atoms with Gasteiger partial charge in [0.05, 0.1) is 0 Å². The van der Waals surface area contributed by atoms with Crippen LogP contribution in [0.5, 0.6) is 0 Å². The van der Waals surface area contributed by atoms with E-state index >= 15 is 0 Å². The third-order valence-corrected chi connectivity index (χ3v) is 2.69. The molecule has 80 valence electrons. The van der Waals surface area contributed by atoms with Crippen LogP contribution in [-0.4, -0.2) is 35.2 Å². The van der Waals surface area contributed by atoms with Crippen LogP contribution >= 0.6 is 0 Å². The van der Waals surface area contributed by atoms with E-state index in [1.807, 2.05) is 0 Å². The standard InChI is InChI=1S/C11H12N2O2.Na.H/c1-13-6-4-9(11(13)15)10(14)8-3-2-5-12-7-8;;/h2-3,5,7,9H,4,6H2,1H3;;/q;+1;-1. The van der Waals surface area contributed by atoms with Gasteiger partial charge in [-0.1, -0.05) is 0 Å². The van der Waals surface area contributed by atoms with Crippen molar-refractivity contribution in [2.24, 2.45) is 5.92 Å². The molecule has 1 fully saturated rings. The second-order valence-corrected chi connectivity index (χ2v) is 3.71. The summed E-state index contributed by atoms with van der Waals surface area (Å²) < 4.78 is 0. The fourth-order valence-electron chi connectivity index (χ4n) is 1.78. The summed E-state index contributed by atoms with van der Waals surface area (Å²) in [4.78, 5) is 29.0. The van der Waals surface area contributed by atoms with Crippen molar-refractivity contribution in [3.63, 3.8) is 0 Å². The fraction of sp³-hybridized carbons (Fsp3) is 0.364. The Hall–Kier alpha value is -0.710. The van der Waals surface area contributed by atoms with Crippen molar-refractivity contribution in [3.8, 4) is 0 Å². The van der Waals surface area contributed by atoms with Crippen LogP contribution in [0.3, 0.4) is 0 Å². The van der Waals surface area contributed by atoms with Gasteiger partial charge in [0, 0.05) is 31.5 Å². The first-order valence-electron chi connectivity index (χ1n) is 4.89. The van der Waals surface area contributed by atoms with E-state index in [0.717, 1.165) is 0 Å². The molecule has 1 atom stereocenters. The zero-order valence-electron chi connectivity index (χ0n) is 10.5. The van der Waals surface area contributed by atoms with E-state index < -0.39 is 5.92 Å². The summed E-state index contributed by atoms with van der Waals surface area (Å²) in [7, 11) is 1.72. The molecule has 0 spiro atoms. The van der Waals surface area contributed by atoms with Crippen molar-refractivity contribution >= 4 is 11.7 Å². The first-order valence-corrected chi connectivity index (χ1v) is 4.89. The minimum Gasteiger partial charge on any atom is -1.00 e. The number of amides is 1. The summed E-state index contributed by atoms with van der Waals surface area (Å²) in [6, 6.07) is 3.40. The predicted octanol–water partition coefficient (Wildman–Crippen LogP) is -2.14. The molecule has 1 unspecified atom stereocenters. The fourth-order valence-corrected chi connectivity index (χ4v) is 1.78. The van der Waals surface area contributed by atoms with Crippen molar-refractivity contribution in [3.05, 3.63) is 30.1 Å². The van der Waals surface area contributed by atoms with Gasteiger partial charge in [-0.05, 0) is 18.6 Å². The van der Waals surface area contributed by atoms with Crippen LogP contribution in [0, 0.1) is 5.92 Å². The number of ketones is 1. The number of rotatable bonds is 2. The first kappa shape index (κ1) is 13.4. The normalized spacial score (nSPS) is 19.4. The molecule has 2 heterocycles. The Balaban J connectivity index is 0.00000128. The van der Waals surface area contributed by atoms with E-state index in [1.165, 1.54) is 6.20 Å². The monoisotopic (exact) mass is 228 g/mol. The van der Waals surface area contributed by atoms with E-state index in [2.05, 4.69) is 4.98 Å². The minimum atomic E-state index is -0.501. The summed E-state index contributed by atoms with van der Waals surface area (Å²) in [5.41, 5.74) is 0.520. The second kappa shape index (κ2) is 5.57. The molecule has 4 nitrogen and oxygen atoms in total. The molecule has 1 saturated heterocycles. The maximum atomic E-state index is 11.9. The van der Waals surface area contributed by atoms with Gasteiger partial charge in [0.1, 0.15) is 5.92 Å². The SMILES string of the molecule is CN1CCC(C(=O)c2cccnc2)C1=O.[H-].[Na+]. The summed E-state index contributed by atoms with van der Waals surface area (Å²) in [5, 5.41) is 0. The zero-order chi connectivity index (χ0) is 10.8. The number of hydrogen-bond donors (Lipinski definition) is 0. The molecule has 5 heteroatoms. The van der Waals surface area contributed by atoms with Crippen LogP contribution in [0.15, 0.2) is 24.5 Å². The van der Waals surface area contributed by atoms with Crippen LogP contribution in [0.25, 0.3) is 0 Å². The third kappa shape index (κ3) is 2.51. The molecule has 2 rings (SSSR count). The average Bonchev–Trinajstić information content (AvgIpc) is 2.60. The molecule has 0 aromatic carbocycles. The first-order chi connectivity index (χ1) is 7.20. The quantitative estimate of drug-likeness (QED) is 0.330. The summed E-state index contributed by atoms with van der Waals surface area (Å²) in [6.45, 7) is 0.662. The minimum absolute atomic E-state index is 0. The maximum Gasteiger partial charge on any atom is 1.00 e. The molecule has 0 bridgehead atoms. The van der Waals surface area contributed by atoms with Gasteiger partial charge in [0.25, 0.3) is 0 Å². The Bertz CT molecular complexity index is 400. The number of likely N-dealkylation sites (tertiary alicyclic amines) is 1. The molecule has 0 saturated carbocycles. The van der Waals surface area contributed by atoms with Gasteiger partial charge >= 0.3 is 29.6 Å². The molecule has 16 heavy (non-hydrogen) atoms. The van der Waals surface area contributed by atoms with Gasteiger partial charge < -0.3 is 6.33 Å². The van der Waals surface area contributed by atoms with Crippen molar-refractivity contribution in [2.45, 2.75) is 6.42 Å². The van der Waals surface area contributed by atoms with Crippen LogP contribution in [-0.2, 0) is 4.79 Å². The van der Waals surface area contributed by atoms with Crippen molar-refractivity contribution in [2.75, 3.05) is 13.6 Å². The smallest absolute Gasteiger partial charge is 1.00 e. The largest absolute Gasteiger partial charge is 1.00 e. The van der Waals surface area contributed by atoms with Crippen LogP contribution in [0.4, 0.5) is 0 Å². The topological polar surface area (TPSA) is 50.3 Å². The Morgan fingerprint density at radius 1 is 1.62 bits per heavy atom. The van der Waals surface area contributed by atoms with Crippen molar-refractivity contribution in [1.82, 2.24) is 9.88 Å². The molecule has 1 aromatic heterocycles. The average molecular weight is 228 g/mol. The van der Waals surface area contributed by atoms with E-state index in [9.17, 15) is 9.59 Å². The summed E-state index contributed by atoms with van der Waals surface area (Å²) in [5.74, 6) is -0.694. The Kier molecular flexibility index (Phi) is 4.65. The maximum absolute atomic E-state index is 11.9. The van der Waals surface area contributed by atoms with Crippen molar-refractivity contribution in [1.29, 1.82) is 0 Å². The van der Waals surface area contributed by atoms with Gasteiger partial charge in [-0.25, -0.2) is 0 Å². The molecule has 1 amide bonds. The van der Waals surface area contributed by atoms with Gasteiger partial charge in [-0.15, -0.1) is 0 Å². The molecule has 1 aliphatic rings. The predicted molar refractivity (Wildman–Crippen MR) is 55.4 cm³/mol.